The van der Waals surface area contributed by atoms with Crippen molar-refractivity contribution in [1.29, 1.82) is 0 Å². The molecule has 2 heterocycles. The highest BCUT2D eigenvalue weighted by Crippen LogP contribution is 2.34. The van der Waals surface area contributed by atoms with Gasteiger partial charge in [-0.3, -0.25) is 14.7 Å². The Morgan fingerprint density at radius 1 is 0.964 bits per heavy atom. The number of amides is 1. The number of aliphatic imine (C=N–C) groups is 2. The fourth-order valence-electron chi connectivity index (χ4n) is 3.95. The summed E-state index contributed by atoms with van der Waals surface area (Å²) in [5.74, 6) is 0.479. The van der Waals surface area contributed by atoms with E-state index < -0.39 is 0 Å². The topological polar surface area (TPSA) is 57.1 Å². The molecule has 1 fully saturated rings. The van der Waals surface area contributed by atoms with E-state index in [1.165, 1.54) is 19.3 Å². The molecule has 5 heteroatoms. The number of hydrogen-bond acceptors (Lipinski definition) is 4. The molecule has 28 heavy (non-hydrogen) atoms. The molecule has 0 bridgehead atoms. The Bertz CT molecular complexity index is 898. The summed E-state index contributed by atoms with van der Waals surface area (Å²) < 4.78 is 0. The van der Waals surface area contributed by atoms with Crippen molar-refractivity contribution in [2.45, 2.75) is 32.1 Å². The quantitative estimate of drug-likeness (QED) is 0.875. The number of nitrogens with zero attached hydrogens (tertiary/aromatic N) is 3. The molecule has 2 aromatic rings. The van der Waals surface area contributed by atoms with E-state index in [0.717, 1.165) is 35.7 Å². The van der Waals surface area contributed by atoms with Crippen molar-refractivity contribution < 1.29 is 4.79 Å². The van der Waals surface area contributed by atoms with Crippen LogP contribution in [-0.2, 0) is 4.79 Å². The predicted octanol–water partition coefficient (Wildman–Crippen LogP) is 4.21. The zero-order valence-corrected chi connectivity index (χ0v) is 16.3. The standard InChI is InChI=1S/C23H26N4O/c1-17-22(18-10-4-2-5-11-18)23(25-20-13-7-6-12-19(20)24-17)26-21(28)16-27-14-8-3-9-15-27/h2,4-7,10-13,22H,3,8-9,14-16H2,1H3,(H,25,26,28)/t22-/m1/s1. The number of likely N-dealkylation sites (tertiary alicyclic amines) is 1. The summed E-state index contributed by atoms with van der Waals surface area (Å²) in [6, 6.07) is 17.9. The van der Waals surface area contributed by atoms with Gasteiger partial charge in [-0.1, -0.05) is 48.9 Å². The molecule has 1 saturated heterocycles. The van der Waals surface area contributed by atoms with Crippen molar-refractivity contribution >= 4 is 28.8 Å². The third kappa shape index (κ3) is 4.20. The van der Waals surface area contributed by atoms with E-state index >= 15 is 0 Å². The zero-order chi connectivity index (χ0) is 19.3. The van der Waals surface area contributed by atoms with Gasteiger partial charge in [0.15, 0.2) is 0 Å². The second-order valence-corrected chi connectivity index (χ2v) is 7.47. The minimum atomic E-state index is -0.168. The van der Waals surface area contributed by atoms with Crippen LogP contribution < -0.4 is 5.32 Å². The normalized spacial score (nSPS) is 19.8. The van der Waals surface area contributed by atoms with E-state index in [2.05, 4.69) is 22.3 Å². The third-order valence-corrected chi connectivity index (χ3v) is 5.33. The van der Waals surface area contributed by atoms with Gasteiger partial charge in [-0.2, -0.15) is 0 Å². The molecular weight excluding hydrogens is 348 g/mol. The lowest BCUT2D eigenvalue weighted by Gasteiger charge is -2.26. The molecule has 0 radical (unpaired) electrons. The largest absolute Gasteiger partial charge is 0.312 e. The number of amidine groups is 1. The van der Waals surface area contributed by atoms with Crippen LogP contribution in [0.15, 0.2) is 64.6 Å². The van der Waals surface area contributed by atoms with Crippen LogP contribution in [0.1, 0.15) is 37.7 Å². The van der Waals surface area contributed by atoms with E-state index in [1.54, 1.807) is 0 Å². The van der Waals surface area contributed by atoms with Crippen molar-refractivity contribution in [1.82, 2.24) is 10.2 Å². The first-order chi connectivity index (χ1) is 13.7. The van der Waals surface area contributed by atoms with Crippen LogP contribution in [0.4, 0.5) is 11.4 Å². The molecule has 2 aliphatic rings. The average Bonchev–Trinajstić information content (AvgIpc) is 2.84. The van der Waals surface area contributed by atoms with E-state index in [9.17, 15) is 4.79 Å². The summed E-state index contributed by atoms with van der Waals surface area (Å²) in [5.41, 5.74) is 3.62. The molecule has 144 valence electrons. The van der Waals surface area contributed by atoms with Gasteiger partial charge in [0.25, 0.3) is 0 Å². The smallest absolute Gasteiger partial charge is 0.239 e. The van der Waals surface area contributed by atoms with Gasteiger partial charge in [-0.15, -0.1) is 0 Å². The van der Waals surface area contributed by atoms with Gasteiger partial charge < -0.3 is 5.32 Å². The SMILES string of the molecule is CC1=Nc2ccccc2N=C(NC(=O)CN2CCCCC2)[C@H]1c1ccccc1. The molecule has 0 unspecified atom stereocenters. The predicted molar refractivity (Wildman–Crippen MR) is 114 cm³/mol. The number of benzene rings is 2. The lowest BCUT2D eigenvalue weighted by atomic mass is 9.93. The molecule has 1 atom stereocenters. The molecule has 2 aliphatic heterocycles. The van der Waals surface area contributed by atoms with Crippen molar-refractivity contribution in [3.8, 4) is 0 Å². The number of fused-ring (bicyclic) bond motifs is 1. The van der Waals surface area contributed by atoms with Gasteiger partial charge in [-0.05, 0) is 50.6 Å². The molecule has 1 amide bonds. The van der Waals surface area contributed by atoms with Crippen LogP contribution in [0.3, 0.4) is 0 Å². The summed E-state index contributed by atoms with van der Waals surface area (Å²) >= 11 is 0. The van der Waals surface area contributed by atoms with E-state index in [0.29, 0.717) is 12.4 Å². The number of nitrogens with one attached hydrogen (secondary N) is 1. The number of rotatable bonds is 3. The Kier molecular flexibility index (Phi) is 5.63. The number of hydrogen-bond donors (Lipinski definition) is 1. The maximum absolute atomic E-state index is 12.8. The molecule has 0 aromatic heterocycles. The van der Waals surface area contributed by atoms with Crippen molar-refractivity contribution in [2.24, 2.45) is 9.98 Å². The van der Waals surface area contributed by atoms with Crippen molar-refractivity contribution in [3.05, 3.63) is 60.2 Å². The first kappa shape index (κ1) is 18.6. The Morgan fingerprint density at radius 2 is 1.61 bits per heavy atom. The Balaban J connectivity index is 1.65. The Hall–Kier alpha value is -2.79. The van der Waals surface area contributed by atoms with E-state index in [-0.39, 0.29) is 11.8 Å². The fourth-order valence-corrected chi connectivity index (χ4v) is 3.95. The van der Waals surface area contributed by atoms with Gasteiger partial charge >= 0.3 is 0 Å². The summed E-state index contributed by atoms with van der Waals surface area (Å²) in [6.45, 7) is 4.40. The van der Waals surface area contributed by atoms with Gasteiger partial charge in [0.1, 0.15) is 5.84 Å². The average molecular weight is 374 g/mol. The van der Waals surface area contributed by atoms with Crippen LogP contribution in [0.2, 0.25) is 0 Å². The van der Waals surface area contributed by atoms with Crippen LogP contribution in [0.5, 0.6) is 0 Å². The monoisotopic (exact) mass is 374 g/mol. The van der Waals surface area contributed by atoms with Crippen molar-refractivity contribution in [2.75, 3.05) is 19.6 Å². The van der Waals surface area contributed by atoms with E-state index in [1.807, 2.05) is 49.4 Å². The molecule has 1 N–H and O–H groups in total. The maximum atomic E-state index is 12.8. The fraction of sp³-hybridized carbons (Fsp3) is 0.348. The molecular formula is C23H26N4O. The molecule has 2 aromatic carbocycles. The van der Waals surface area contributed by atoms with Gasteiger partial charge in [-0.25, -0.2) is 4.99 Å². The molecule has 5 nitrogen and oxygen atoms in total. The maximum Gasteiger partial charge on any atom is 0.239 e. The molecule has 4 rings (SSSR count). The van der Waals surface area contributed by atoms with Gasteiger partial charge in [0, 0.05) is 5.71 Å². The number of carbonyl (C=O) groups is 1. The van der Waals surface area contributed by atoms with Crippen LogP contribution >= 0.6 is 0 Å². The van der Waals surface area contributed by atoms with Gasteiger partial charge in [0.05, 0.1) is 23.8 Å². The second kappa shape index (κ2) is 8.48. The lowest BCUT2D eigenvalue weighted by molar-refractivity contribution is -0.121. The number of piperidine rings is 1. The molecule has 0 aliphatic carbocycles. The van der Waals surface area contributed by atoms with E-state index in [4.69, 9.17) is 9.98 Å². The lowest BCUT2D eigenvalue weighted by Crippen LogP contribution is -2.44. The first-order valence-electron chi connectivity index (χ1n) is 10.0. The minimum absolute atomic E-state index is 0.00578. The Morgan fingerprint density at radius 3 is 2.32 bits per heavy atom. The summed E-state index contributed by atoms with van der Waals surface area (Å²) in [6.07, 6.45) is 3.59. The summed E-state index contributed by atoms with van der Waals surface area (Å²) in [5, 5.41) is 3.11. The highest BCUT2D eigenvalue weighted by atomic mass is 16.2. The Labute approximate surface area is 166 Å². The highest BCUT2D eigenvalue weighted by molar-refractivity contribution is 6.17. The van der Waals surface area contributed by atoms with Crippen molar-refractivity contribution in [3.63, 3.8) is 0 Å². The second-order valence-electron chi connectivity index (χ2n) is 7.47. The van der Waals surface area contributed by atoms with Gasteiger partial charge in [0.2, 0.25) is 5.91 Å². The molecule has 0 saturated carbocycles. The van der Waals surface area contributed by atoms with Crippen LogP contribution in [0, 0.1) is 0 Å². The first-order valence-corrected chi connectivity index (χ1v) is 10.0. The summed E-state index contributed by atoms with van der Waals surface area (Å²) in [4.78, 5) is 24.7. The van der Waals surface area contributed by atoms with Crippen LogP contribution in [-0.4, -0.2) is 42.0 Å². The summed E-state index contributed by atoms with van der Waals surface area (Å²) in [7, 11) is 0. The highest BCUT2D eigenvalue weighted by Gasteiger charge is 2.27. The number of para-hydroxylation sites is 2. The van der Waals surface area contributed by atoms with Crippen LogP contribution in [0.25, 0.3) is 0 Å². The molecule has 0 spiro atoms. The zero-order valence-electron chi connectivity index (χ0n) is 16.3. The minimum Gasteiger partial charge on any atom is -0.312 e. The number of carbonyl (C=O) groups excluding carboxylic acids is 1. The third-order valence-electron chi connectivity index (χ3n) is 5.33.